The molecule has 10 radical (unpaired) electrons. The first kappa shape index (κ1) is 38.8. The third-order valence-electron chi connectivity index (χ3n) is 9.30. The van der Waals surface area contributed by atoms with Crippen LogP contribution in [0.2, 0.25) is 0 Å². The van der Waals surface area contributed by atoms with Gasteiger partial charge in [0.25, 0.3) is 0 Å². The molecule has 47 heavy (non-hydrogen) atoms. The van der Waals surface area contributed by atoms with E-state index in [1.54, 1.807) is 11.3 Å². The monoisotopic (exact) mass is 728 g/mol. The molecule has 4 aromatic rings. The van der Waals surface area contributed by atoms with E-state index >= 15 is 0 Å². The van der Waals surface area contributed by atoms with Gasteiger partial charge in [0.05, 0.1) is 0 Å². The van der Waals surface area contributed by atoms with Crippen molar-refractivity contribution in [1.82, 2.24) is 0 Å². The van der Waals surface area contributed by atoms with Crippen LogP contribution >= 0.6 is 34.5 Å². The van der Waals surface area contributed by atoms with Crippen LogP contribution in [0, 0.1) is 58.7 Å². The molecule has 240 valence electrons. The van der Waals surface area contributed by atoms with E-state index in [1.807, 2.05) is 0 Å². The number of hydrogen-bond donors (Lipinski definition) is 0. The predicted molar refractivity (Wildman–Crippen MR) is 208 cm³/mol. The van der Waals surface area contributed by atoms with Gasteiger partial charge in [-0.15, -0.1) is 0 Å². The summed E-state index contributed by atoms with van der Waals surface area (Å²) in [5.74, 6) is 11.7. The molecular weight excluding hydrogens is 685 g/mol. The zero-order valence-electron chi connectivity index (χ0n) is 28.7. The second-order valence-corrected chi connectivity index (χ2v) is 18.7. The van der Waals surface area contributed by atoms with E-state index in [-0.39, 0.29) is 0 Å². The molecule has 2 aliphatic carbocycles. The van der Waals surface area contributed by atoms with Crippen molar-refractivity contribution in [3.05, 3.63) is 180 Å². The van der Waals surface area contributed by atoms with Gasteiger partial charge in [0, 0.05) is 11.3 Å². The zero-order valence-corrected chi connectivity index (χ0v) is 33.6. The molecule has 5 heteroatoms. The molecule has 0 N–H and O–H groups in total. The van der Waals surface area contributed by atoms with Crippen molar-refractivity contribution in [1.29, 1.82) is 0 Å². The molecule has 0 aliphatic heterocycles. The predicted octanol–water partition coefficient (Wildman–Crippen LogP) is 11.5. The van der Waals surface area contributed by atoms with Crippen molar-refractivity contribution >= 4 is 55.7 Å². The van der Waals surface area contributed by atoms with Crippen molar-refractivity contribution < 1.29 is 17.0 Å². The SMILES string of the molecule is C[C]1[C](C)[C](C)[C](P(c2ccccc2)c2ccccc2)[C]1C.C[C]1[C](C)[C](C)[C](P(c2ccccc2)c2ccccc2)[C]1C.[Cl][Ti][Cl]. The topological polar surface area (TPSA) is 0 Å². The molecule has 0 atom stereocenters. The summed E-state index contributed by atoms with van der Waals surface area (Å²) in [4.78, 5) is 0. The second kappa shape index (κ2) is 18.9. The fourth-order valence-electron chi connectivity index (χ4n) is 6.19. The third kappa shape index (κ3) is 9.23. The van der Waals surface area contributed by atoms with Gasteiger partial charge in [-0.25, -0.2) is 0 Å². The molecule has 2 fully saturated rings. The van der Waals surface area contributed by atoms with Gasteiger partial charge in [-0.3, -0.25) is 0 Å². The standard InChI is InChI=1S/2C21H22P.2ClH.Ti/c2*1-15-16(2)18(4)21(17(15)3)22(19-11-7-5-8-12-19)20-13-9-6-10-14-20;;;/h2*5-14H,1-4H3;2*1H;/q;;;;+2/p-2. The van der Waals surface area contributed by atoms with Crippen molar-refractivity contribution in [2.24, 2.45) is 0 Å². The van der Waals surface area contributed by atoms with Gasteiger partial charge in [-0.05, 0) is 84.4 Å². The normalized spacial score (nSPS) is 18.4. The van der Waals surface area contributed by atoms with E-state index in [1.165, 1.54) is 68.6 Å². The molecule has 2 saturated carbocycles. The van der Waals surface area contributed by atoms with Gasteiger partial charge < -0.3 is 0 Å². The van der Waals surface area contributed by atoms with Gasteiger partial charge in [0.2, 0.25) is 0 Å². The van der Waals surface area contributed by atoms with Gasteiger partial charge in [0.1, 0.15) is 0 Å². The van der Waals surface area contributed by atoms with Crippen LogP contribution in [0.4, 0.5) is 0 Å². The van der Waals surface area contributed by atoms with E-state index in [0.29, 0.717) is 0 Å². The number of hydrogen-bond acceptors (Lipinski definition) is 0. The van der Waals surface area contributed by atoms with E-state index in [2.05, 4.69) is 177 Å². The Balaban J connectivity index is 0.000000197. The van der Waals surface area contributed by atoms with E-state index in [4.69, 9.17) is 18.6 Å². The van der Waals surface area contributed by atoms with E-state index in [9.17, 15) is 0 Å². The van der Waals surface area contributed by atoms with Crippen molar-refractivity contribution in [2.75, 3.05) is 0 Å². The number of halogens is 2. The first-order valence-electron chi connectivity index (χ1n) is 15.9. The number of benzene rings is 4. The average molecular weight is 730 g/mol. The molecule has 0 spiro atoms. The Morgan fingerprint density at radius 3 is 0.660 bits per heavy atom. The summed E-state index contributed by atoms with van der Waals surface area (Å²) in [5, 5.41) is 5.72. The van der Waals surface area contributed by atoms with Gasteiger partial charge in [-0.1, -0.05) is 177 Å². The molecule has 2 aliphatic rings. The molecular formula is C42H44Cl2P2Ti. The molecule has 0 heterocycles. The van der Waals surface area contributed by atoms with Crippen LogP contribution in [-0.4, -0.2) is 0 Å². The zero-order chi connectivity index (χ0) is 34.1. The maximum atomic E-state index is 4.89. The Morgan fingerprint density at radius 2 is 0.489 bits per heavy atom. The van der Waals surface area contributed by atoms with Crippen molar-refractivity contribution in [3.63, 3.8) is 0 Å². The van der Waals surface area contributed by atoms with Crippen LogP contribution < -0.4 is 21.2 Å². The minimum atomic E-state index is -0.556. The van der Waals surface area contributed by atoms with Crippen LogP contribution in [0.3, 0.4) is 0 Å². The number of rotatable bonds is 6. The van der Waals surface area contributed by atoms with E-state index in [0.717, 1.165) is 0 Å². The Labute approximate surface area is 306 Å². The fourth-order valence-corrected chi connectivity index (χ4v) is 11.7. The average Bonchev–Trinajstić information content (AvgIpc) is 3.41. The Kier molecular flexibility index (Phi) is 15.6. The first-order valence-corrected chi connectivity index (χ1v) is 22.8. The second-order valence-electron chi connectivity index (χ2n) is 11.8. The molecule has 0 bridgehead atoms. The molecule has 0 amide bonds. The molecule has 0 nitrogen and oxygen atoms in total. The van der Waals surface area contributed by atoms with Gasteiger partial charge in [0.15, 0.2) is 0 Å². The summed E-state index contributed by atoms with van der Waals surface area (Å²) in [7, 11) is 8.81. The summed E-state index contributed by atoms with van der Waals surface area (Å²) in [5.41, 5.74) is 3.09. The van der Waals surface area contributed by atoms with Crippen LogP contribution in [0.25, 0.3) is 0 Å². The summed E-state index contributed by atoms with van der Waals surface area (Å²) in [6.45, 7) is 18.2. The maximum absolute atomic E-state index is 4.89. The van der Waals surface area contributed by atoms with E-state index < -0.39 is 32.9 Å². The van der Waals surface area contributed by atoms with Crippen molar-refractivity contribution in [2.45, 2.75) is 55.4 Å². The third-order valence-corrected chi connectivity index (χ3v) is 14.8. The van der Waals surface area contributed by atoms with Crippen molar-refractivity contribution in [3.8, 4) is 0 Å². The molecule has 0 aromatic heterocycles. The summed E-state index contributed by atoms with van der Waals surface area (Å²) >= 11 is -0.556. The quantitative estimate of drug-likeness (QED) is 0.137. The van der Waals surface area contributed by atoms with Gasteiger partial charge in [-0.2, -0.15) is 0 Å². The van der Waals surface area contributed by atoms with Crippen LogP contribution in [0.1, 0.15) is 55.4 Å². The van der Waals surface area contributed by atoms with Crippen LogP contribution in [0.5, 0.6) is 0 Å². The summed E-state index contributed by atoms with van der Waals surface area (Å²) in [6.07, 6.45) is 0. The Hall–Kier alpha value is -0.966. The molecule has 0 saturated heterocycles. The Morgan fingerprint density at radius 1 is 0.319 bits per heavy atom. The summed E-state index contributed by atoms with van der Waals surface area (Å²) < 4.78 is 0. The Bertz CT molecular complexity index is 1220. The molecule has 6 rings (SSSR count). The van der Waals surface area contributed by atoms with Gasteiger partial charge >= 0.3 is 35.6 Å². The first-order chi connectivity index (χ1) is 22.6. The molecule has 4 aromatic carbocycles. The summed E-state index contributed by atoms with van der Waals surface area (Å²) in [6, 6.07) is 43.8. The molecule has 0 unspecified atom stereocenters. The van der Waals surface area contributed by atoms with Crippen LogP contribution in [0.15, 0.2) is 121 Å². The van der Waals surface area contributed by atoms with Crippen LogP contribution in [-0.2, 0) is 17.0 Å². The minimum absolute atomic E-state index is 0.483. The fraction of sp³-hybridized carbons (Fsp3) is 0.190.